The van der Waals surface area contributed by atoms with E-state index in [1.165, 1.54) is 11.8 Å². The molecule has 3 rings (SSSR count). The minimum Gasteiger partial charge on any atom is -0.497 e. The Labute approximate surface area is 213 Å². The minimum atomic E-state index is -0.407. The van der Waals surface area contributed by atoms with Gasteiger partial charge in [-0.1, -0.05) is 11.8 Å². The van der Waals surface area contributed by atoms with E-state index in [0.29, 0.717) is 46.7 Å². The number of methoxy groups -OCH3 is 1. The summed E-state index contributed by atoms with van der Waals surface area (Å²) in [6.45, 7) is 6.39. The van der Waals surface area contributed by atoms with Gasteiger partial charge in [0.15, 0.2) is 11.0 Å². The summed E-state index contributed by atoms with van der Waals surface area (Å²) in [5.74, 6) is 0.511. The lowest BCUT2D eigenvalue weighted by Gasteiger charge is -2.15. The normalized spacial score (nSPS) is 11.4. The Balaban J connectivity index is 1.57. The molecule has 2 N–H and O–H groups in total. The first kappa shape index (κ1) is 26.7. The van der Waals surface area contributed by atoms with E-state index in [0.717, 1.165) is 0 Å². The Kier molecular flexibility index (Phi) is 9.46. The molecule has 2 aromatic carbocycles. The fourth-order valence-electron chi connectivity index (χ4n) is 3.34. The second-order valence-electron chi connectivity index (χ2n) is 7.64. The summed E-state index contributed by atoms with van der Waals surface area (Å²) in [5.41, 5.74) is 1.49. The molecule has 0 saturated carbocycles. The fourth-order valence-corrected chi connectivity index (χ4v) is 4.15. The van der Waals surface area contributed by atoms with E-state index in [2.05, 4.69) is 20.8 Å². The molecule has 0 unspecified atom stereocenters. The van der Waals surface area contributed by atoms with E-state index in [4.69, 9.17) is 9.47 Å². The molecule has 0 aliphatic heterocycles. The van der Waals surface area contributed by atoms with Crippen molar-refractivity contribution in [3.05, 3.63) is 65.5 Å². The van der Waals surface area contributed by atoms with Crippen LogP contribution in [0.4, 0.5) is 5.69 Å². The van der Waals surface area contributed by atoms with Crippen LogP contribution in [0, 0.1) is 0 Å². The van der Waals surface area contributed by atoms with Gasteiger partial charge in [-0.15, -0.1) is 10.2 Å². The van der Waals surface area contributed by atoms with Crippen LogP contribution in [0.25, 0.3) is 0 Å². The molecule has 1 aromatic heterocycles. The number of hydrogen-bond acceptors (Lipinski definition) is 8. The molecule has 1 atom stereocenters. The third kappa shape index (κ3) is 6.85. The number of hydrogen-bond donors (Lipinski definition) is 2. The molecule has 3 aromatic rings. The average Bonchev–Trinajstić information content (AvgIpc) is 3.31. The number of thioether (sulfide) groups is 1. The van der Waals surface area contributed by atoms with E-state index in [1.807, 2.05) is 18.4 Å². The van der Waals surface area contributed by atoms with Gasteiger partial charge in [0, 0.05) is 17.8 Å². The SMILES string of the molecule is CCOC(=O)c1ccc(NC(=O)CSc2nnc([C@@H](C)NC(=O)c3ccc(OC)cc3)n2CC)cc1. The van der Waals surface area contributed by atoms with Gasteiger partial charge in [0.1, 0.15) is 5.75 Å². The number of carbonyl (C=O) groups excluding carboxylic acids is 3. The van der Waals surface area contributed by atoms with Crippen molar-refractivity contribution < 1.29 is 23.9 Å². The van der Waals surface area contributed by atoms with E-state index in [-0.39, 0.29) is 17.6 Å². The molecule has 2 amide bonds. The van der Waals surface area contributed by atoms with Crippen LogP contribution < -0.4 is 15.4 Å². The highest BCUT2D eigenvalue weighted by Crippen LogP contribution is 2.22. The summed E-state index contributed by atoms with van der Waals surface area (Å²) in [6.07, 6.45) is 0. The standard InChI is InChI=1S/C25H29N5O5S/c1-5-30-22(16(3)26-23(32)17-9-13-20(34-4)14-10-17)28-29-25(30)36-15-21(31)27-19-11-7-18(8-12-19)24(33)35-6-2/h7-14,16H,5-6,15H2,1-4H3,(H,26,32)(H,27,31)/t16-/m1/s1. The van der Waals surface area contributed by atoms with Crippen LogP contribution in [0.2, 0.25) is 0 Å². The Morgan fingerprint density at radius 1 is 1.00 bits per heavy atom. The molecular weight excluding hydrogens is 482 g/mol. The van der Waals surface area contributed by atoms with Crippen molar-refractivity contribution in [2.75, 3.05) is 24.8 Å². The molecule has 0 aliphatic rings. The van der Waals surface area contributed by atoms with Gasteiger partial charge >= 0.3 is 5.97 Å². The Morgan fingerprint density at radius 3 is 2.28 bits per heavy atom. The quantitative estimate of drug-likeness (QED) is 0.295. The molecule has 190 valence electrons. The molecular formula is C25H29N5O5S. The van der Waals surface area contributed by atoms with Crippen LogP contribution in [0.5, 0.6) is 5.75 Å². The van der Waals surface area contributed by atoms with Gasteiger partial charge in [0.2, 0.25) is 5.91 Å². The van der Waals surface area contributed by atoms with Gasteiger partial charge in [-0.3, -0.25) is 9.59 Å². The topological polar surface area (TPSA) is 124 Å². The zero-order valence-electron chi connectivity index (χ0n) is 20.6. The van der Waals surface area contributed by atoms with Crippen molar-refractivity contribution in [3.8, 4) is 5.75 Å². The summed E-state index contributed by atoms with van der Waals surface area (Å²) in [7, 11) is 1.57. The highest BCUT2D eigenvalue weighted by molar-refractivity contribution is 7.99. The number of nitrogens with one attached hydrogen (secondary N) is 2. The van der Waals surface area contributed by atoms with Crippen LogP contribution in [0.15, 0.2) is 53.7 Å². The Morgan fingerprint density at radius 2 is 1.67 bits per heavy atom. The third-order valence-electron chi connectivity index (χ3n) is 5.16. The van der Waals surface area contributed by atoms with E-state index < -0.39 is 12.0 Å². The summed E-state index contributed by atoms with van der Waals surface area (Å²) in [5, 5.41) is 14.8. The van der Waals surface area contributed by atoms with Gasteiger partial charge in [-0.25, -0.2) is 4.79 Å². The second-order valence-corrected chi connectivity index (χ2v) is 8.59. The molecule has 0 spiro atoms. The number of aromatic nitrogens is 3. The molecule has 1 heterocycles. The smallest absolute Gasteiger partial charge is 0.338 e. The van der Waals surface area contributed by atoms with Gasteiger partial charge in [-0.05, 0) is 69.3 Å². The zero-order valence-corrected chi connectivity index (χ0v) is 21.4. The first-order chi connectivity index (χ1) is 17.4. The molecule has 11 heteroatoms. The number of anilines is 1. The number of benzene rings is 2. The second kappa shape index (κ2) is 12.7. The predicted molar refractivity (Wildman–Crippen MR) is 136 cm³/mol. The first-order valence-electron chi connectivity index (χ1n) is 11.4. The summed E-state index contributed by atoms with van der Waals surface area (Å²) in [4.78, 5) is 36.8. The molecule has 0 saturated heterocycles. The van der Waals surface area contributed by atoms with Crippen molar-refractivity contribution in [2.24, 2.45) is 0 Å². The number of carbonyl (C=O) groups is 3. The van der Waals surface area contributed by atoms with E-state index >= 15 is 0 Å². The fraction of sp³-hybridized carbons (Fsp3) is 0.320. The molecule has 0 bridgehead atoms. The first-order valence-corrected chi connectivity index (χ1v) is 12.4. The van der Waals surface area contributed by atoms with Gasteiger partial charge in [0.25, 0.3) is 5.91 Å². The maximum absolute atomic E-state index is 12.6. The zero-order chi connectivity index (χ0) is 26.1. The number of ether oxygens (including phenoxy) is 2. The van der Waals surface area contributed by atoms with Crippen LogP contribution in [-0.4, -0.2) is 52.0 Å². The number of nitrogens with zero attached hydrogens (tertiary/aromatic N) is 3. The van der Waals surface area contributed by atoms with Crippen LogP contribution in [-0.2, 0) is 16.1 Å². The third-order valence-corrected chi connectivity index (χ3v) is 6.13. The Bertz CT molecular complexity index is 1190. The van der Waals surface area contributed by atoms with Crippen LogP contribution in [0.3, 0.4) is 0 Å². The predicted octanol–water partition coefficient (Wildman–Crippen LogP) is 3.71. The molecule has 0 fully saturated rings. The largest absolute Gasteiger partial charge is 0.497 e. The number of amides is 2. The van der Waals surface area contributed by atoms with Crippen molar-refractivity contribution in [1.82, 2.24) is 20.1 Å². The average molecular weight is 512 g/mol. The lowest BCUT2D eigenvalue weighted by Crippen LogP contribution is -2.28. The Hall–Kier alpha value is -3.86. The summed E-state index contributed by atoms with van der Waals surface area (Å²) in [6, 6.07) is 12.9. The van der Waals surface area contributed by atoms with Gasteiger partial charge in [-0.2, -0.15) is 0 Å². The molecule has 0 aliphatic carbocycles. The van der Waals surface area contributed by atoms with Crippen molar-refractivity contribution in [1.29, 1.82) is 0 Å². The van der Waals surface area contributed by atoms with E-state index in [9.17, 15) is 14.4 Å². The summed E-state index contributed by atoms with van der Waals surface area (Å²) >= 11 is 1.25. The van der Waals surface area contributed by atoms with Crippen molar-refractivity contribution >= 4 is 35.2 Å². The van der Waals surface area contributed by atoms with Crippen molar-refractivity contribution in [3.63, 3.8) is 0 Å². The van der Waals surface area contributed by atoms with E-state index in [1.54, 1.807) is 62.6 Å². The molecule has 36 heavy (non-hydrogen) atoms. The van der Waals surface area contributed by atoms with Crippen molar-refractivity contribution in [2.45, 2.75) is 38.5 Å². The highest BCUT2D eigenvalue weighted by Gasteiger charge is 2.20. The van der Waals surface area contributed by atoms with Crippen LogP contribution >= 0.6 is 11.8 Å². The maximum atomic E-state index is 12.6. The molecule has 0 radical (unpaired) electrons. The highest BCUT2D eigenvalue weighted by atomic mass is 32.2. The maximum Gasteiger partial charge on any atom is 0.338 e. The lowest BCUT2D eigenvalue weighted by molar-refractivity contribution is -0.113. The monoisotopic (exact) mass is 511 g/mol. The molecule has 10 nitrogen and oxygen atoms in total. The van der Waals surface area contributed by atoms with Crippen LogP contribution in [0.1, 0.15) is 53.4 Å². The summed E-state index contributed by atoms with van der Waals surface area (Å²) < 4.78 is 11.9. The van der Waals surface area contributed by atoms with Gasteiger partial charge < -0.3 is 24.7 Å². The minimum absolute atomic E-state index is 0.115. The number of esters is 1. The van der Waals surface area contributed by atoms with Gasteiger partial charge in [0.05, 0.1) is 31.1 Å². The lowest BCUT2D eigenvalue weighted by atomic mass is 10.2. The number of rotatable bonds is 11.